The number of aromatic carboxylic acids is 1. The summed E-state index contributed by atoms with van der Waals surface area (Å²) in [6.45, 7) is 0.977. The molecule has 0 unspecified atom stereocenters. The number of ether oxygens (including phenoxy) is 3. The number of carboxylic acid groups (broad SMARTS) is 1. The van der Waals surface area contributed by atoms with Gasteiger partial charge < -0.3 is 19.3 Å². The van der Waals surface area contributed by atoms with Gasteiger partial charge in [-0.3, -0.25) is 9.13 Å². The minimum absolute atomic E-state index is 0.119. The van der Waals surface area contributed by atoms with E-state index in [1.165, 1.54) is 12.1 Å². The van der Waals surface area contributed by atoms with E-state index in [2.05, 4.69) is 0 Å². The van der Waals surface area contributed by atoms with Gasteiger partial charge in [0, 0.05) is 13.2 Å². The molecule has 1 heterocycles. The number of fused-ring (bicyclic) bond motifs is 1. The van der Waals surface area contributed by atoms with Crippen LogP contribution in [0.1, 0.15) is 15.9 Å². The Balaban J connectivity index is 2.16. The Morgan fingerprint density at radius 3 is 2.21 bits per heavy atom. The molecule has 0 amide bonds. The summed E-state index contributed by atoms with van der Waals surface area (Å²) in [6, 6.07) is 10.0. The zero-order valence-corrected chi connectivity index (χ0v) is 16.0. The van der Waals surface area contributed by atoms with E-state index in [1.807, 2.05) is 12.1 Å². The minimum atomic E-state index is -1.05. The molecule has 28 heavy (non-hydrogen) atoms. The number of hydrogen-bond acceptors (Lipinski definition) is 5. The Hall–Kier alpha value is -3.26. The van der Waals surface area contributed by atoms with Gasteiger partial charge in [-0.05, 0) is 35.9 Å². The topological polar surface area (TPSA) is 91.9 Å². The van der Waals surface area contributed by atoms with Gasteiger partial charge in [-0.25, -0.2) is 9.59 Å². The first kappa shape index (κ1) is 19.5. The lowest BCUT2D eigenvalue weighted by atomic mass is 10.1. The molecule has 0 saturated carbocycles. The van der Waals surface area contributed by atoms with Crippen molar-refractivity contribution >= 4 is 17.0 Å². The number of nitrogens with zero attached hydrogens (tertiary/aromatic N) is 2. The summed E-state index contributed by atoms with van der Waals surface area (Å²) in [5, 5.41) is 9.33. The summed E-state index contributed by atoms with van der Waals surface area (Å²) < 4.78 is 18.8. The van der Waals surface area contributed by atoms with Gasteiger partial charge >= 0.3 is 11.7 Å². The van der Waals surface area contributed by atoms with Crippen LogP contribution in [-0.4, -0.2) is 48.1 Å². The van der Waals surface area contributed by atoms with Crippen molar-refractivity contribution in [1.29, 1.82) is 0 Å². The molecule has 2 aromatic carbocycles. The molecule has 0 radical (unpaired) electrons. The lowest BCUT2D eigenvalue weighted by Gasteiger charge is -2.09. The number of carbonyl (C=O) groups is 1. The van der Waals surface area contributed by atoms with Crippen LogP contribution in [0.5, 0.6) is 11.5 Å². The number of hydrogen-bond donors (Lipinski definition) is 1. The van der Waals surface area contributed by atoms with Crippen LogP contribution in [0.15, 0.2) is 41.2 Å². The quantitative estimate of drug-likeness (QED) is 0.638. The molecular weight excluding hydrogens is 364 g/mol. The molecular formula is C20H22N2O6. The Bertz CT molecular complexity index is 1040. The van der Waals surface area contributed by atoms with E-state index in [4.69, 9.17) is 14.2 Å². The van der Waals surface area contributed by atoms with Crippen LogP contribution in [0, 0.1) is 0 Å². The fourth-order valence-corrected chi connectivity index (χ4v) is 3.14. The summed E-state index contributed by atoms with van der Waals surface area (Å²) in [5.41, 5.74) is 1.87. The third kappa shape index (κ3) is 3.72. The van der Waals surface area contributed by atoms with E-state index < -0.39 is 5.97 Å². The van der Waals surface area contributed by atoms with E-state index in [0.29, 0.717) is 35.7 Å². The van der Waals surface area contributed by atoms with Crippen molar-refractivity contribution in [2.45, 2.75) is 13.1 Å². The van der Waals surface area contributed by atoms with Crippen LogP contribution in [0.3, 0.4) is 0 Å². The van der Waals surface area contributed by atoms with E-state index in [1.54, 1.807) is 42.6 Å². The summed E-state index contributed by atoms with van der Waals surface area (Å²) in [7, 11) is 4.68. The van der Waals surface area contributed by atoms with E-state index >= 15 is 0 Å². The van der Waals surface area contributed by atoms with Crippen LogP contribution >= 0.6 is 0 Å². The summed E-state index contributed by atoms with van der Waals surface area (Å²) >= 11 is 0. The highest BCUT2D eigenvalue weighted by molar-refractivity contribution is 5.92. The highest BCUT2D eigenvalue weighted by Gasteiger charge is 2.16. The van der Waals surface area contributed by atoms with Crippen molar-refractivity contribution < 1.29 is 24.1 Å². The normalized spacial score (nSPS) is 11.0. The van der Waals surface area contributed by atoms with E-state index in [9.17, 15) is 14.7 Å². The van der Waals surface area contributed by atoms with Crippen molar-refractivity contribution in [1.82, 2.24) is 9.13 Å². The third-order valence-electron chi connectivity index (χ3n) is 4.54. The van der Waals surface area contributed by atoms with Gasteiger partial charge in [0.15, 0.2) is 0 Å². The highest BCUT2D eigenvalue weighted by atomic mass is 16.5. The standard InChI is InChI=1S/C20H22N2O6/c1-26-7-6-21-17-5-4-14(19(23)24)10-18(17)22(20(21)25)12-13-8-15(27-2)11-16(9-13)28-3/h4-5,8-11H,6-7,12H2,1-3H3,(H,23,24). The van der Waals surface area contributed by atoms with Crippen LogP contribution in [0.2, 0.25) is 0 Å². The molecule has 1 N–H and O–H groups in total. The second kappa shape index (κ2) is 8.18. The first-order valence-electron chi connectivity index (χ1n) is 8.65. The number of rotatable bonds is 8. The second-order valence-electron chi connectivity index (χ2n) is 6.24. The maximum absolute atomic E-state index is 13.0. The fourth-order valence-electron chi connectivity index (χ4n) is 3.14. The first-order valence-corrected chi connectivity index (χ1v) is 8.65. The molecule has 0 aliphatic rings. The maximum atomic E-state index is 13.0. The molecule has 8 heteroatoms. The predicted octanol–water partition coefficient (Wildman–Crippen LogP) is 2.21. The highest BCUT2D eigenvalue weighted by Crippen LogP contribution is 2.24. The molecule has 3 rings (SSSR count). The Morgan fingerprint density at radius 2 is 1.64 bits per heavy atom. The minimum Gasteiger partial charge on any atom is -0.497 e. The number of methoxy groups -OCH3 is 3. The maximum Gasteiger partial charge on any atom is 0.335 e. The average Bonchev–Trinajstić information content (AvgIpc) is 2.96. The second-order valence-corrected chi connectivity index (χ2v) is 6.24. The fraction of sp³-hybridized carbons (Fsp3) is 0.300. The Labute approximate surface area is 161 Å². The molecule has 0 spiro atoms. The third-order valence-corrected chi connectivity index (χ3v) is 4.54. The smallest absolute Gasteiger partial charge is 0.335 e. The molecule has 0 fully saturated rings. The SMILES string of the molecule is COCCn1c(=O)n(Cc2cc(OC)cc(OC)c2)c2cc(C(=O)O)ccc21. The summed E-state index contributed by atoms with van der Waals surface area (Å²) in [5.74, 6) is 0.169. The van der Waals surface area contributed by atoms with Gasteiger partial charge in [-0.2, -0.15) is 0 Å². The van der Waals surface area contributed by atoms with Crippen LogP contribution in [0.25, 0.3) is 11.0 Å². The van der Waals surface area contributed by atoms with Gasteiger partial charge in [0.05, 0.1) is 50.5 Å². The number of carboxylic acids is 1. The zero-order chi connectivity index (χ0) is 20.3. The van der Waals surface area contributed by atoms with Crippen molar-refractivity contribution in [3.63, 3.8) is 0 Å². The molecule has 148 valence electrons. The van der Waals surface area contributed by atoms with Gasteiger partial charge in [0.2, 0.25) is 0 Å². The van der Waals surface area contributed by atoms with Crippen molar-refractivity contribution in [2.75, 3.05) is 27.9 Å². The average molecular weight is 386 g/mol. The molecule has 0 atom stereocenters. The van der Waals surface area contributed by atoms with Gasteiger partial charge in [0.25, 0.3) is 0 Å². The predicted molar refractivity (Wildman–Crippen MR) is 104 cm³/mol. The number of imidazole rings is 1. The molecule has 0 aliphatic carbocycles. The van der Waals surface area contributed by atoms with E-state index in [-0.39, 0.29) is 17.8 Å². The lowest BCUT2D eigenvalue weighted by Crippen LogP contribution is -2.26. The summed E-state index contributed by atoms with van der Waals surface area (Å²) in [6.07, 6.45) is 0. The lowest BCUT2D eigenvalue weighted by molar-refractivity contribution is 0.0697. The van der Waals surface area contributed by atoms with Gasteiger partial charge in [-0.1, -0.05) is 0 Å². The van der Waals surface area contributed by atoms with Gasteiger partial charge in [0.1, 0.15) is 11.5 Å². The Morgan fingerprint density at radius 1 is 0.964 bits per heavy atom. The van der Waals surface area contributed by atoms with Gasteiger partial charge in [-0.15, -0.1) is 0 Å². The van der Waals surface area contributed by atoms with Crippen LogP contribution in [0.4, 0.5) is 0 Å². The van der Waals surface area contributed by atoms with E-state index in [0.717, 1.165) is 5.56 Å². The molecule has 3 aromatic rings. The largest absolute Gasteiger partial charge is 0.497 e. The first-order chi connectivity index (χ1) is 13.5. The van der Waals surface area contributed by atoms with Crippen molar-refractivity contribution in [3.05, 3.63) is 58.0 Å². The monoisotopic (exact) mass is 386 g/mol. The summed E-state index contributed by atoms with van der Waals surface area (Å²) in [4.78, 5) is 24.4. The molecule has 0 bridgehead atoms. The number of aromatic nitrogens is 2. The Kier molecular flexibility index (Phi) is 5.70. The van der Waals surface area contributed by atoms with Crippen molar-refractivity contribution in [2.24, 2.45) is 0 Å². The van der Waals surface area contributed by atoms with Crippen LogP contribution < -0.4 is 15.2 Å². The molecule has 0 saturated heterocycles. The molecule has 1 aromatic heterocycles. The number of benzene rings is 2. The molecule has 8 nitrogen and oxygen atoms in total. The zero-order valence-electron chi connectivity index (χ0n) is 16.0. The van der Waals surface area contributed by atoms with Crippen LogP contribution in [-0.2, 0) is 17.8 Å². The van der Waals surface area contributed by atoms with Crippen molar-refractivity contribution in [3.8, 4) is 11.5 Å². The molecule has 0 aliphatic heterocycles.